The average Bonchev–Trinajstić information content (AvgIpc) is 2.85. The normalized spacial score (nSPS) is 14.4. The summed E-state index contributed by atoms with van der Waals surface area (Å²) in [7, 11) is -6.51. The van der Waals surface area contributed by atoms with Gasteiger partial charge in [-0.1, -0.05) is 0 Å². The van der Waals surface area contributed by atoms with E-state index >= 15 is 0 Å². The van der Waals surface area contributed by atoms with Crippen LogP contribution in [0.4, 0.5) is 35.1 Å². The number of halogens is 8. The first-order valence-electron chi connectivity index (χ1n) is 6.05. The largest absolute Gasteiger partial charge is 0.439 e. The molecule has 1 aromatic rings. The second-order valence-electron chi connectivity index (χ2n) is 4.68. The Bertz CT molecular complexity index is 673. The lowest BCUT2D eigenvalue weighted by Crippen LogP contribution is -2.46. The summed E-state index contributed by atoms with van der Waals surface area (Å²) in [5, 5.41) is -5.93. The van der Waals surface area contributed by atoms with E-state index in [9.17, 15) is 43.5 Å². The second kappa shape index (κ2) is 6.46. The van der Waals surface area contributed by atoms with E-state index in [1.807, 2.05) is 0 Å². The van der Waals surface area contributed by atoms with Crippen LogP contribution in [0.5, 0.6) is 0 Å². The van der Waals surface area contributed by atoms with E-state index in [1.165, 1.54) is 0 Å². The number of hydrogen-bond acceptors (Lipinski definition) is 3. The lowest BCUT2D eigenvalue weighted by Gasteiger charge is -2.24. The number of rotatable bonds is 8. The van der Waals surface area contributed by atoms with Crippen molar-refractivity contribution in [2.75, 3.05) is 0 Å². The Labute approximate surface area is 130 Å². The van der Waals surface area contributed by atoms with E-state index in [2.05, 4.69) is 4.98 Å². The SMILES string of the molecule is O=S(=O)(O)C(F)(F)C(F)(F)c1nccn1CCCC(F)(F)C(F)F. The molecule has 1 N–H and O–H groups in total. The fourth-order valence-corrected chi connectivity index (χ4v) is 2.07. The number of aromatic nitrogens is 2. The molecule has 0 aliphatic heterocycles. The van der Waals surface area contributed by atoms with Crippen molar-refractivity contribution in [1.29, 1.82) is 0 Å². The van der Waals surface area contributed by atoms with Gasteiger partial charge in [-0.15, -0.1) is 0 Å². The van der Waals surface area contributed by atoms with Crippen LogP contribution in [0.3, 0.4) is 0 Å². The van der Waals surface area contributed by atoms with Gasteiger partial charge in [-0.05, 0) is 6.42 Å². The number of aryl methyl sites for hydroxylation is 1. The standard InChI is InChI=1S/C10H10F8N2O3S/c11-6(12)8(13,14)2-1-4-20-5-3-19-7(20)9(15,16)10(17,18)24(21,22)23/h3,5-6H,1-2,4H2,(H,21,22,23). The predicted octanol–water partition coefficient (Wildman–Crippen LogP) is 3.14. The molecule has 24 heavy (non-hydrogen) atoms. The maximum absolute atomic E-state index is 13.7. The lowest BCUT2D eigenvalue weighted by atomic mass is 10.2. The van der Waals surface area contributed by atoms with Crippen molar-refractivity contribution in [1.82, 2.24) is 9.55 Å². The molecule has 1 aromatic heterocycles. The van der Waals surface area contributed by atoms with Crippen LogP contribution in [0.25, 0.3) is 0 Å². The molecule has 0 amide bonds. The fraction of sp³-hybridized carbons (Fsp3) is 0.700. The number of alkyl halides is 8. The summed E-state index contributed by atoms with van der Waals surface area (Å²) in [6.45, 7) is -0.839. The first-order chi connectivity index (χ1) is 10.6. The van der Waals surface area contributed by atoms with Crippen LogP contribution < -0.4 is 0 Å². The van der Waals surface area contributed by atoms with Gasteiger partial charge in [0.05, 0.1) is 0 Å². The fourth-order valence-electron chi connectivity index (χ4n) is 1.66. The number of imidazole rings is 1. The lowest BCUT2D eigenvalue weighted by molar-refractivity contribution is -0.174. The van der Waals surface area contributed by atoms with Crippen LogP contribution in [0.15, 0.2) is 12.4 Å². The molecule has 0 unspecified atom stereocenters. The summed E-state index contributed by atoms with van der Waals surface area (Å²) in [5.74, 6) is -11.7. The molecule has 0 aliphatic carbocycles. The van der Waals surface area contributed by atoms with E-state index in [1.54, 1.807) is 0 Å². The molecule has 14 heteroatoms. The van der Waals surface area contributed by atoms with E-state index in [0.29, 0.717) is 12.4 Å². The molecule has 1 heterocycles. The average molecular weight is 390 g/mol. The van der Waals surface area contributed by atoms with Gasteiger partial charge < -0.3 is 4.57 Å². The Hall–Kier alpha value is -1.44. The van der Waals surface area contributed by atoms with E-state index in [-0.39, 0.29) is 4.57 Å². The van der Waals surface area contributed by atoms with Crippen LogP contribution in [0, 0.1) is 0 Å². The van der Waals surface area contributed by atoms with Gasteiger partial charge in [0, 0.05) is 25.4 Å². The molecule has 0 radical (unpaired) electrons. The molecule has 140 valence electrons. The maximum Gasteiger partial charge on any atom is 0.439 e. The third-order valence-electron chi connectivity index (χ3n) is 2.91. The summed E-state index contributed by atoms with van der Waals surface area (Å²) in [5.41, 5.74) is 0. The van der Waals surface area contributed by atoms with Crippen molar-refractivity contribution in [3.63, 3.8) is 0 Å². The van der Waals surface area contributed by atoms with Gasteiger partial charge in [0.25, 0.3) is 0 Å². The topological polar surface area (TPSA) is 72.2 Å². The third-order valence-corrected chi connectivity index (χ3v) is 3.82. The van der Waals surface area contributed by atoms with Crippen molar-refractivity contribution >= 4 is 10.1 Å². The molecule has 0 bridgehead atoms. The van der Waals surface area contributed by atoms with Crippen molar-refractivity contribution in [2.24, 2.45) is 0 Å². The Balaban J connectivity index is 3.01. The van der Waals surface area contributed by atoms with Crippen molar-refractivity contribution in [3.05, 3.63) is 18.2 Å². The molecular formula is C10H10F8N2O3S. The summed E-state index contributed by atoms with van der Waals surface area (Å²) in [6, 6.07) is 0. The van der Waals surface area contributed by atoms with Crippen LogP contribution in [-0.2, 0) is 22.6 Å². The Morgan fingerprint density at radius 1 is 1.17 bits per heavy atom. The highest BCUT2D eigenvalue weighted by Crippen LogP contribution is 2.45. The minimum absolute atomic E-state index is 0.209. The Kier molecular flexibility index (Phi) is 5.55. The second-order valence-corrected chi connectivity index (χ2v) is 6.14. The van der Waals surface area contributed by atoms with Crippen LogP contribution >= 0.6 is 0 Å². The Morgan fingerprint density at radius 2 is 1.71 bits per heavy atom. The van der Waals surface area contributed by atoms with Crippen LogP contribution in [0.1, 0.15) is 18.7 Å². The highest BCUT2D eigenvalue weighted by atomic mass is 32.2. The van der Waals surface area contributed by atoms with E-state index < -0.39 is 58.9 Å². The van der Waals surface area contributed by atoms with Gasteiger partial charge in [0.15, 0.2) is 5.82 Å². The summed E-state index contributed by atoms with van der Waals surface area (Å²) >= 11 is 0. The van der Waals surface area contributed by atoms with E-state index in [4.69, 9.17) is 4.55 Å². The zero-order valence-electron chi connectivity index (χ0n) is 11.4. The smallest absolute Gasteiger partial charge is 0.330 e. The molecule has 1 rings (SSSR count). The maximum atomic E-state index is 13.7. The third kappa shape index (κ3) is 3.79. The van der Waals surface area contributed by atoms with Gasteiger partial charge in [-0.2, -0.15) is 26.0 Å². The van der Waals surface area contributed by atoms with Crippen molar-refractivity contribution < 1.29 is 48.1 Å². The Morgan fingerprint density at radius 3 is 2.17 bits per heavy atom. The zero-order valence-corrected chi connectivity index (χ0v) is 12.3. The van der Waals surface area contributed by atoms with Gasteiger partial charge in [-0.25, -0.2) is 22.5 Å². The quantitative estimate of drug-likeness (QED) is 0.547. The van der Waals surface area contributed by atoms with Gasteiger partial charge in [0.2, 0.25) is 0 Å². The first kappa shape index (κ1) is 20.6. The van der Waals surface area contributed by atoms with E-state index in [0.717, 1.165) is 0 Å². The summed E-state index contributed by atoms with van der Waals surface area (Å²) < 4.78 is 132. The van der Waals surface area contributed by atoms with Gasteiger partial charge in [0.1, 0.15) is 0 Å². The molecule has 5 nitrogen and oxygen atoms in total. The molecule has 0 saturated heterocycles. The number of hydrogen-bond donors (Lipinski definition) is 1. The molecule has 0 fully saturated rings. The van der Waals surface area contributed by atoms with Gasteiger partial charge in [-0.3, -0.25) is 4.55 Å². The highest BCUT2D eigenvalue weighted by molar-refractivity contribution is 7.86. The molecule has 0 spiro atoms. The first-order valence-corrected chi connectivity index (χ1v) is 7.49. The summed E-state index contributed by atoms with van der Waals surface area (Å²) in [6.07, 6.45) is -5.04. The van der Waals surface area contributed by atoms with Crippen molar-refractivity contribution in [2.45, 2.75) is 42.9 Å². The highest BCUT2D eigenvalue weighted by Gasteiger charge is 2.68. The predicted molar refractivity (Wildman–Crippen MR) is 62.8 cm³/mol. The molecule has 0 saturated carbocycles. The summed E-state index contributed by atoms with van der Waals surface area (Å²) in [4.78, 5) is 2.84. The molecular weight excluding hydrogens is 380 g/mol. The van der Waals surface area contributed by atoms with Crippen LogP contribution in [-0.4, -0.2) is 40.1 Å². The zero-order chi connectivity index (χ0) is 19.0. The monoisotopic (exact) mass is 390 g/mol. The van der Waals surface area contributed by atoms with Gasteiger partial charge >= 0.3 is 33.6 Å². The van der Waals surface area contributed by atoms with Crippen LogP contribution in [0.2, 0.25) is 0 Å². The molecule has 0 atom stereocenters. The van der Waals surface area contributed by atoms with Crippen molar-refractivity contribution in [3.8, 4) is 0 Å². The molecule has 0 aliphatic rings. The minimum Gasteiger partial charge on any atom is -0.330 e. The molecule has 0 aromatic carbocycles. The number of nitrogens with zero attached hydrogens (tertiary/aromatic N) is 2. The minimum atomic E-state index is -6.51.